The van der Waals surface area contributed by atoms with E-state index in [1.54, 1.807) is 0 Å². The van der Waals surface area contributed by atoms with Gasteiger partial charge in [0.25, 0.3) is 10.0 Å². The van der Waals surface area contributed by atoms with Gasteiger partial charge in [-0.25, -0.2) is 18.1 Å². The van der Waals surface area contributed by atoms with Gasteiger partial charge >= 0.3 is 0 Å². The highest BCUT2D eigenvalue weighted by Gasteiger charge is 2.31. The van der Waals surface area contributed by atoms with Crippen LogP contribution in [0, 0.1) is 0 Å². The van der Waals surface area contributed by atoms with Gasteiger partial charge in [-0.05, 0) is 20.5 Å². The Morgan fingerprint density at radius 3 is 2.96 bits per heavy atom. The van der Waals surface area contributed by atoms with Gasteiger partial charge in [0.05, 0.1) is 31.6 Å². The summed E-state index contributed by atoms with van der Waals surface area (Å²) in [7, 11) is 0.277. The minimum absolute atomic E-state index is 0.0759. The predicted molar refractivity (Wildman–Crippen MR) is 85.8 cm³/mol. The van der Waals surface area contributed by atoms with Crippen molar-refractivity contribution in [3.8, 4) is 0 Å². The van der Waals surface area contributed by atoms with Gasteiger partial charge in [0.1, 0.15) is 5.82 Å². The number of nitrogens with one attached hydrogen (secondary N) is 2. The second-order valence-electron chi connectivity index (χ2n) is 5.85. The van der Waals surface area contributed by atoms with Crippen LogP contribution >= 0.6 is 0 Å². The van der Waals surface area contributed by atoms with Crippen molar-refractivity contribution in [3.05, 3.63) is 12.0 Å². The summed E-state index contributed by atoms with van der Waals surface area (Å²) in [5.41, 5.74) is 0. The first-order valence-corrected chi connectivity index (χ1v) is 9.31. The molecule has 0 aromatic carbocycles. The minimum Gasteiger partial charge on any atom is -0.380 e. The summed E-state index contributed by atoms with van der Waals surface area (Å²) in [6.45, 7) is 4.14. The van der Waals surface area contributed by atoms with E-state index in [1.165, 1.54) is 6.20 Å². The molecule has 2 rings (SSSR count). The van der Waals surface area contributed by atoms with Crippen molar-refractivity contribution in [2.75, 3.05) is 40.5 Å². The maximum Gasteiger partial charge on any atom is 0.258 e. The van der Waals surface area contributed by atoms with Crippen molar-refractivity contribution in [1.29, 1.82) is 0 Å². The molecule has 9 heteroatoms. The quantitative estimate of drug-likeness (QED) is 0.687. The SMILES string of the molecule is CCc1ncc(S(=O)(=O)N[C@@H]2COCC[C@@H]2OCCN(C)C)[nH]1. The second kappa shape index (κ2) is 8.20. The lowest BCUT2D eigenvalue weighted by atomic mass is 10.1. The molecule has 0 aliphatic carbocycles. The number of hydrogen-bond donors (Lipinski definition) is 2. The average Bonchev–Trinajstić information content (AvgIpc) is 2.98. The van der Waals surface area contributed by atoms with Gasteiger partial charge in [0.2, 0.25) is 0 Å². The molecule has 0 spiro atoms. The molecule has 8 nitrogen and oxygen atoms in total. The zero-order valence-electron chi connectivity index (χ0n) is 13.9. The maximum atomic E-state index is 12.5. The number of likely N-dealkylation sites (N-methyl/N-ethyl adjacent to an activating group) is 1. The van der Waals surface area contributed by atoms with Crippen LogP contribution in [0.5, 0.6) is 0 Å². The molecule has 1 saturated heterocycles. The Morgan fingerprint density at radius 2 is 2.30 bits per heavy atom. The number of sulfonamides is 1. The molecule has 132 valence electrons. The van der Waals surface area contributed by atoms with Crippen LogP contribution in [0.25, 0.3) is 0 Å². The lowest BCUT2D eigenvalue weighted by Crippen LogP contribution is -2.50. The van der Waals surface area contributed by atoms with E-state index in [9.17, 15) is 8.42 Å². The number of rotatable bonds is 8. The summed E-state index contributed by atoms with van der Waals surface area (Å²) in [5.74, 6) is 0.643. The van der Waals surface area contributed by atoms with Gasteiger partial charge in [0, 0.05) is 19.6 Å². The Bertz CT molecular complexity index is 587. The molecule has 1 fully saturated rings. The summed E-state index contributed by atoms with van der Waals surface area (Å²) >= 11 is 0. The number of aromatic amines is 1. The maximum absolute atomic E-state index is 12.5. The highest BCUT2D eigenvalue weighted by Crippen LogP contribution is 2.15. The zero-order chi connectivity index (χ0) is 16.9. The number of hydrogen-bond acceptors (Lipinski definition) is 6. The molecule has 2 N–H and O–H groups in total. The topological polar surface area (TPSA) is 96.6 Å². The first kappa shape index (κ1) is 18.3. The van der Waals surface area contributed by atoms with E-state index in [-0.39, 0.29) is 11.1 Å². The van der Waals surface area contributed by atoms with Crippen LogP contribution in [0.4, 0.5) is 0 Å². The largest absolute Gasteiger partial charge is 0.380 e. The molecule has 1 aromatic heterocycles. The monoisotopic (exact) mass is 346 g/mol. The molecule has 0 saturated carbocycles. The lowest BCUT2D eigenvalue weighted by Gasteiger charge is -2.32. The molecular weight excluding hydrogens is 320 g/mol. The number of imidazole rings is 1. The van der Waals surface area contributed by atoms with Gasteiger partial charge < -0.3 is 19.4 Å². The first-order chi connectivity index (χ1) is 10.9. The molecule has 2 heterocycles. The van der Waals surface area contributed by atoms with E-state index < -0.39 is 16.1 Å². The number of H-pyrrole nitrogens is 1. The smallest absolute Gasteiger partial charge is 0.258 e. The van der Waals surface area contributed by atoms with Gasteiger partial charge in [-0.15, -0.1) is 0 Å². The average molecular weight is 346 g/mol. The summed E-state index contributed by atoms with van der Waals surface area (Å²) in [5, 5.41) is 0.0759. The Balaban J connectivity index is 1.99. The highest BCUT2D eigenvalue weighted by molar-refractivity contribution is 7.89. The van der Waals surface area contributed by atoms with E-state index in [0.717, 1.165) is 6.54 Å². The van der Waals surface area contributed by atoms with Crippen LogP contribution < -0.4 is 4.72 Å². The van der Waals surface area contributed by atoms with E-state index in [0.29, 0.717) is 38.5 Å². The summed E-state index contributed by atoms with van der Waals surface area (Å²) in [6.07, 6.45) is 2.47. The van der Waals surface area contributed by atoms with Crippen molar-refractivity contribution >= 4 is 10.0 Å². The number of ether oxygens (including phenoxy) is 2. The van der Waals surface area contributed by atoms with Gasteiger partial charge in [-0.3, -0.25) is 0 Å². The fraction of sp³-hybridized carbons (Fsp3) is 0.786. The number of aromatic nitrogens is 2. The molecule has 1 aromatic rings. The van der Waals surface area contributed by atoms with E-state index >= 15 is 0 Å². The first-order valence-electron chi connectivity index (χ1n) is 7.82. The Morgan fingerprint density at radius 1 is 1.52 bits per heavy atom. The lowest BCUT2D eigenvalue weighted by molar-refractivity contribution is -0.0527. The predicted octanol–water partition coefficient (Wildman–Crippen LogP) is -0.0139. The molecule has 2 atom stereocenters. The van der Waals surface area contributed by atoms with E-state index in [1.807, 2.05) is 25.9 Å². The van der Waals surface area contributed by atoms with Crippen molar-refractivity contribution < 1.29 is 17.9 Å². The fourth-order valence-electron chi connectivity index (χ4n) is 2.34. The molecule has 23 heavy (non-hydrogen) atoms. The number of aryl methyl sites for hydroxylation is 1. The summed E-state index contributed by atoms with van der Waals surface area (Å²) in [4.78, 5) is 8.88. The molecule has 0 bridgehead atoms. The van der Waals surface area contributed by atoms with Gasteiger partial charge in [-0.2, -0.15) is 0 Å². The molecule has 1 aliphatic heterocycles. The van der Waals surface area contributed by atoms with Crippen molar-refractivity contribution in [2.24, 2.45) is 0 Å². The third-order valence-electron chi connectivity index (χ3n) is 3.70. The van der Waals surface area contributed by atoms with Gasteiger partial charge in [0.15, 0.2) is 5.03 Å². The molecule has 1 aliphatic rings. The normalized spacial score (nSPS) is 22.6. The highest BCUT2D eigenvalue weighted by atomic mass is 32.2. The van der Waals surface area contributed by atoms with Crippen LogP contribution in [0.3, 0.4) is 0 Å². The fourth-order valence-corrected chi connectivity index (χ4v) is 3.53. The van der Waals surface area contributed by atoms with Crippen LogP contribution in [0.2, 0.25) is 0 Å². The second-order valence-corrected chi connectivity index (χ2v) is 7.53. The van der Waals surface area contributed by atoms with Crippen molar-refractivity contribution in [2.45, 2.75) is 36.9 Å². The third kappa shape index (κ3) is 5.25. The summed E-state index contributed by atoms with van der Waals surface area (Å²) in [6, 6.07) is -0.399. The molecule has 0 radical (unpaired) electrons. The Hall–Kier alpha value is -1.00. The van der Waals surface area contributed by atoms with Crippen LogP contribution in [-0.2, 0) is 25.9 Å². The van der Waals surface area contributed by atoms with Gasteiger partial charge in [-0.1, -0.05) is 6.92 Å². The van der Waals surface area contributed by atoms with E-state index in [4.69, 9.17) is 9.47 Å². The minimum atomic E-state index is -3.66. The third-order valence-corrected chi connectivity index (χ3v) is 5.10. The van der Waals surface area contributed by atoms with Crippen molar-refractivity contribution in [1.82, 2.24) is 19.6 Å². The van der Waals surface area contributed by atoms with Crippen molar-refractivity contribution in [3.63, 3.8) is 0 Å². The van der Waals surface area contributed by atoms with Crippen LogP contribution in [-0.4, -0.2) is 75.9 Å². The standard InChI is InChI=1S/C14H26N4O4S/c1-4-13-15-9-14(16-13)23(19,20)17-11-10-21-7-5-12(11)22-8-6-18(2)3/h9,11-12,17H,4-8,10H2,1-3H3,(H,15,16)/t11-,12+/m1/s1. The molecule has 0 amide bonds. The molecular formula is C14H26N4O4S. The number of nitrogens with zero attached hydrogens (tertiary/aromatic N) is 2. The van der Waals surface area contributed by atoms with Crippen LogP contribution in [0.1, 0.15) is 19.2 Å². The Kier molecular flexibility index (Phi) is 6.54. The van der Waals surface area contributed by atoms with E-state index in [2.05, 4.69) is 14.7 Å². The molecule has 0 unspecified atom stereocenters. The zero-order valence-corrected chi connectivity index (χ0v) is 14.7. The Labute approximate surface area is 137 Å². The summed E-state index contributed by atoms with van der Waals surface area (Å²) < 4.78 is 38.8. The van der Waals surface area contributed by atoms with Crippen LogP contribution in [0.15, 0.2) is 11.2 Å².